The molecule has 3 heterocycles. The van der Waals surface area contributed by atoms with Crippen molar-refractivity contribution in [2.24, 2.45) is 11.7 Å². The molecule has 1 amide bonds. The third kappa shape index (κ3) is 3.05. The molecule has 2 aliphatic rings. The van der Waals surface area contributed by atoms with E-state index in [4.69, 9.17) is 15.2 Å². The van der Waals surface area contributed by atoms with Crippen LogP contribution in [0.1, 0.15) is 33.7 Å². The van der Waals surface area contributed by atoms with Crippen molar-refractivity contribution < 1.29 is 19.1 Å². The van der Waals surface area contributed by atoms with E-state index in [-0.39, 0.29) is 24.2 Å². The zero-order valence-electron chi connectivity index (χ0n) is 14.1. The van der Waals surface area contributed by atoms with Crippen LogP contribution in [0, 0.1) is 5.92 Å². The Morgan fingerprint density at radius 1 is 1.19 bits per heavy atom. The molecule has 0 radical (unpaired) electrons. The molecule has 1 unspecified atom stereocenters. The Balaban J connectivity index is 1.52. The number of hydrogen-bond donors (Lipinski definition) is 1. The van der Waals surface area contributed by atoms with Crippen LogP contribution in [0.15, 0.2) is 30.6 Å². The topological polar surface area (TPSA) is 108 Å². The van der Waals surface area contributed by atoms with Crippen molar-refractivity contribution in [3.05, 3.63) is 41.9 Å². The van der Waals surface area contributed by atoms with Crippen molar-refractivity contribution in [2.45, 2.75) is 12.8 Å². The summed E-state index contributed by atoms with van der Waals surface area (Å²) < 4.78 is 10.6. The second-order valence-corrected chi connectivity index (χ2v) is 6.34. The maximum Gasteiger partial charge on any atom is 0.268 e. The van der Waals surface area contributed by atoms with E-state index in [1.54, 1.807) is 24.4 Å². The van der Waals surface area contributed by atoms with E-state index in [0.717, 1.165) is 19.4 Å². The quantitative estimate of drug-likeness (QED) is 0.827. The molecule has 8 heteroatoms. The maximum absolute atomic E-state index is 12.9. The fourth-order valence-corrected chi connectivity index (χ4v) is 3.31. The van der Waals surface area contributed by atoms with Crippen LogP contribution in [-0.4, -0.2) is 41.5 Å². The Bertz CT molecular complexity index is 870. The lowest BCUT2D eigenvalue weighted by molar-refractivity contribution is 0.0905. The fraction of sp³-hybridized carbons (Fsp3) is 0.333. The molecule has 4 rings (SSSR count). The summed E-state index contributed by atoms with van der Waals surface area (Å²) in [6.07, 6.45) is 4.57. The molecule has 1 aromatic carbocycles. The van der Waals surface area contributed by atoms with Gasteiger partial charge in [0.15, 0.2) is 17.3 Å². The first kappa shape index (κ1) is 16.3. The molecule has 1 aromatic heterocycles. The highest BCUT2D eigenvalue weighted by molar-refractivity contribution is 5.99. The van der Waals surface area contributed by atoms with E-state index >= 15 is 0 Å². The third-order valence-electron chi connectivity index (χ3n) is 4.65. The van der Waals surface area contributed by atoms with Gasteiger partial charge in [-0.25, -0.2) is 4.98 Å². The van der Waals surface area contributed by atoms with E-state index in [2.05, 4.69) is 9.97 Å². The maximum atomic E-state index is 12.9. The summed E-state index contributed by atoms with van der Waals surface area (Å²) in [5.74, 6) is 1.10. The normalized spacial score (nSPS) is 18.6. The number of Topliss-reactive ketones (excluding diaryl/α,β-unsaturated/α-hetero) is 1. The molecule has 1 saturated heterocycles. The molecule has 0 spiro atoms. The summed E-state index contributed by atoms with van der Waals surface area (Å²) in [6.45, 7) is 1.45. The predicted molar refractivity (Wildman–Crippen MR) is 92.4 cm³/mol. The van der Waals surface area contributed by atoms with Gasteiger partial charge in [0.1, 0.15) is 11.5 Å². The number of ketones is 1. The zero-order chi connectivity index (χ0) is 18.1. The number of piperidine rings is 1. The molecule has 1 fully saturated rings. The van der Waals surface area contributed by atoms with Crippen molar-refractivity contribution in [3.63, 3.8) is 0 Å². The number of nitrogens with zero attached hydrogens (tertiary/aromatic N) is 3. The van der Waals surface area contributed by atoms with Crippen LogP contribution in [0.2, 0.25) is 0 Å². The summed E-state index contributed by atoms with van der Waals surface area (Å²) in [6, 6.07) is 5.26. The van der Waals surface area contributed by atoms with Crippen molar-refractivity contribution in [1.29, 1.82) is 0 Å². The van der Waals surface area contributed by atoms with Gasteiger partial charge in [0.25, 0.3) is 5.91 Å². The number of rotatable bonds is 4. The average molecular weight is 354 g/mol. The Morgan fingerprint density at radius 3 is 2.88 bits per heavy atom. The van der Waals surface area contributed by atoms with Gasteiger partial charge in [0.2, 0.25) is 6.79 Å². The number of carbonyl (C=O) groups excluding carboxylic acids is 2. The van der Waals surface area contributed by atoms with Crippen molar-refractivity contribution in [3.8, 4) is 11.5 Å². The highest BCUT2D eigenvalue weighted by Gasteiger charge is 2.28. The first-order valence-electron chi connectivity index (χ1n) is 8.42. The second kappa shape index (κ2) is 6.62. The molecule has 26 heavy (non-hydrogen) atoms. The van der Waals surface area contributed by atoms with Crippen LogP contribution in [0.25, 0.3) is 0 Å². The van der Waals surface area contributed by atoms with E-state index in [0.29, 0.717) is 29.4 Å². The monoisotopic (exact) mass is 354 g/mol. The molecule has 2 aromatic rings. The molecular formula is C18H18N4O4. The number of aromatic nitrogens is 2. The molecule has 2 aliphatic heterocycles. The van der Waals surface area contributed by atoms with Gasteiger partial charge in [-0.1, -0.05) is 0 Å². The Morgan fingerprint density at radius 2 is 2.04 bits per heavy atom. The minimum absolute atomic E-state index is 0.0621. The highest BCUT2D eigenvalue weighted by Crippen LogP contribution is 2.34. The summed E-state index contributed by atoms with van der Waals surface area (Å²) in [5, 5.41) is 0. The largest absolute Gasteiger partial charge is 0.454 e. The van der Waals surface area contributed by atoms with E-state index in [1.807, 2.05) is 4.90 Å². The SMILES string of the molecule is NC(=O)c1cncc(N2CCCC(C(=O)c3ccc4c(c3)OCO4)C2)n1. The Hall–Kier alpha value is -3.16. The van der Waals surface area contributed by atoms with Gasteiger partial charge in [-0.05, 0) is 31.0 Å². The summed E-state index contributed by atoms with van der Waals surface area (Å²) in [4.78, 5) is 34.5. The number of nitrogens with two attached hydrogens (primary N) is 1. The molecule has 0 saturated carbocycles. The van der Waals surface area contributed by atoms with Gasteiger partial charge in [0, 0.05) is 24.6 Å². The molecule has 2 N–H and O–H groups in total. The third-order valence-corrected chi connectivity index (χ3v) is 4.65. The minimum atomic E-state index is -0.621. The number of ether oxygens (including phenoxy) is 2. The number of fused-ring (bicyclic) bond motifs is 1. The lowest BCUT2D eigenvalue weighted by Gasteiger charge is -2.32. The van der Waals surface area contributed by atoms with Gasteiger partial charge in [-0.15, -0.1) is 0 Å². The molecule has 0 aliphatic carbocycles. The number of hydrogen-bond acceptors (Lipinski definition) is 7. The standard InChI is InChI=1S/C18H18N4O4/c19-18(24)13-7-20-8-16(21-13)22-5-1-2-12(9-22)17(23)11-3-4-14-15(6-11)26-10-25-14/h3-4,6-8,12H,1-2,5,9-10H2,(H2,19,24). The average Bonchev–Trinajstić information content (AvgIpc) is 3.15. The summed E-state index contributed by atoms with van der Waals surface area (Å²) in [7, 11) is 0. The molecule has 0 bridgehead atoms. The Labute approximate surface area is 149 Å². The summed E-state index contributed by atoms with van der Waals surface area (Å²) >= 11 is 0. The van der Waals surface area contributed by atoms with Gasteiger partial charge in [-0.2, -0.15) is 0 Å². The number of benzene rings is 1. The van der Waals surface area contributed by atoms with Crippen LogP contribution in [0.3, 0.4) is 0 Å². The molecule has 134 valence electrons. The van der Waals surface area contributed by atoms with Crippen LogP contribution >= 0.6 is 0 Å². The van der Waals surface area contributed by atoms with Crippen LogP contribution in [-0.2, 0) is 0 Å². The van der Waals surface area contributed by atoms with Crippen LogP contribution < -0.4 is 20.1 Å². The smallest absolute Gasteiger partial charge is 0.268 e. The first-order valence-corrected chi connectivity index (χ1v) is 8.42. The van der Waals surface area contributed by atoms with Gasteiger partial charge < -0.3 is 20.1 Å². The fourth-order valence-electron chi connectivity index (χ4n) is 3.31. The van der Waals surface area contributed by atoms with E-state index in [9.17, 15) is 9.59 Å². The first-order chi connectivity index (χ1) is 12.6. The summed E-state index contributed by atoms with van der Waals surface area (Å²) in [5.41, 5.74) is 6.00. The van der Waals surface area contributed by atoms with Crippen molar-refractivity contribution in [2.75, 3.05) is 24.8 Å². The lowest BCUT2D eigenvalue weighted by atomic mass is 9.90. The Kier molecular flexibility index (Phi) is 4.16. The van der Waals surface area contributed by atoms with Crippen LogP contribution in [0.5, 0.6) is 11.5 Å². The van der Waals surface area contributed by atoms with Gasteiger partial charge in [-0.3, -0.25) is 14.6 Å². The zero-order valence-corrected chi connectivity index (χ0v) is 14.1. The number of anilines is 1. The molecule has 1 atom stereocenters. The molecular weight excluding hydrogens is 336 g/mol. The van der Waals surface area contributed by atoms with Crippen molar-refractivity contribution >= 4 is 17.5 Å². The lowest BCUT2D eigenvalue weighted by Crippen LogP contribution is -2.39. The molecule has 8 nitrogen and oxygen atoms in total. The number of amides is 1. The van der Waals surface area contributed by atoms with Gasteiger partial charge >= 0.3 is 0 Å². The highest BCUT2D eigenvalue weighted by atomic mass is 16.7. The van der Waals surface area contributed by atoms with Gasteiger partial charge in [0.05, 0.1) is 12.4 Å². The second-order valence-electron chi connectivity index (χ2n) is 6.34. The number of primary amides is 1. The van der Waals surface area contributed by atoms with Crippen LogP contribution in [0.4, 0.5) is 5.82 Å². The minimum Gasteiger partial charge on any atom is -0.454 e. The number of carbonyl (C=O) groups is 2. The van der Waals surface area contributed by atoms with E-state index < -0.39 is 5.91 Å². The van der Waals surface area contributed by atoms with Crippen molar-refractivity contribution in [1.82, 2.24) is 9.97 Å². The van der Waals surface area contributed by atoms with E-state index in [1.165, 1.54) is 6.20 Å². The predicted octanol–water partition coefficient (Wildman–Crippen LogP) is 1.40.